The molecule has 0 aromatic heterocycles. The Hall–Kier alpha value is -0.960. The second-order valence-corrected chi connectivity index (χ2v) is 6.80. The zero-order valence-electron chi connectivity index (χ0n) is 13.7. The van der Waals surface area contributed by atoms with Gasteiger partial charge in [0.25, 0.3) is 0 Å². The molecular weight excluding hydrogens is 278 g/mol. The quantitative estimate of drug-likeness (QED) is 0.628. The summed E-state index contributed by atoms with van der Waals surface area (Å²) in [5.74, 6) is 1.67. The molecule has 118 valence electrons. The van der Waals surface area contributed by atoms with Crippen LogP contribution < -0.4 is 5.32 Å². The van der Waals surface area contributed by atoms with Crippen molar-refractivity contribution in [1.82, 2.24) is 5.32 Å². The molecule has 1 atom stereocenters. The van der Waals surface area contributed by atoms with Gasteiger partial charge in [0.15, 0.2) is 0 Å². The van der Waals surface area contributed by atoms with Crippen molar-refractivity contribution in [2.45, 2.75) is 57.8 Å². The SMILES string of the molecule is CCCCC(CC)CNC(=O)CCSc1ccc(C)cc1. The fourth-order valence-corrected chi connectivity index (χ4v) is 3.04. The van der Waals surface area contributed by atoms with Crippen LogP contribution in [-0.2, 0) is 4.79 Å². The van der Waals surface area contributed by atoms with Gasteiger partial charge in [-0.2, -0.15) is 0 Å². The van der Waals surface area contributed by atoms with Gasteiger partial charge in [0.2, 0.25) is 5.91 Å². The maximum absolute atomic E-state index is 11.9. The van der Waals surface area contributed by atoms with E-state index in [0.717, 1.165) is 18.7 Å². The highest BCUT2D eigenvalue weighted by Crippen LogP contribution is 2.19. The van der Waals surface area contributed by atoms with Crippen LogP contribution >= 0.6 is 11.8 Å². The number of amides is 1. The van der Waals surface area contributed by atoms with Gasteiger partial charge in [0.05, 0.1) is 0 Å². The number of nitrogens with one attached hydrogen (secondary N) is 1. The Morgan fingerprint density at radius 2 is 1.95 bits per heavy atom. The zero-order chi connectivity index (χ0) is 15.5. The minimum Gasteiger partial charge on any atom is -0.356 e. The van der Waals surface area contributed by atoms with E-state index in [9.17, 15) is 4.79 Å². The molecule has 1 aromatic carbocycles. The van der Waals surface area contributed by atoms with E-state index in [0.29, 0.717) is 12.3 Å². The first-order valence-corrected chi connectivity index (χ1v) is 9.10. The molecule has 0 heterocycles. The molecule has 0 aliphatic rings. The molecule has 1 N–H and O–H groups in total. The number of unbranched alkanes of at least 4 members (excludes halogenated alkanes) is 1. The summed E-state index contributed by atoms with van der Waals surface area (Å²) in [6, 6.07) is 8.47. The van der Waals surface area contributed by atoms with Crippen LogP contribution in [0.4, 0.5) is 0 Å². The third kappa shape index (κ3) is 8.15. The average molecular weight is 308 g/mol. The number of aryl methyl sites for hydroxylation is 1. The summed E-state index contributed by atoms with van der Waals surface area (Å²) in [4.78, 5) is 13.1. The van der Waals surface area contributed by atoms with Gasteiger partial charge in [0, 0.05) is 23.6 Å². The molecule has 3 heteroatoms. The van der Waals surface area contributed by atoms with Gasteiger partial charge in [-0.05, 0) is 31.4 Å². The van der Waals surface area contributed by atoms with E-state index in [-0.39, 0.29) is 5.91 Å². The summed E-state index contributed by atoms with van der Waals surface area (Å²) >= 11 is 1.75. The molecule has 2 nitrogen and oxygen atoms in total. The third-order valence-corrected chi connectivity index (χ3v) is 4.76. The van der Waals surface area contributed by atoms with E-state index < -0.39 is 0 Å². The summed E-state index contributed by atoms with van der Waals surface area (Å²) in [6.45, 7) is 7.35. The van der Waals surface area contributed by atoms with Gasteiger partial charge in [0.1, 0.15) is 0 Å². The van der Waals surface area contributed by atoms with Gasteiger partial charge >= 0.3 is 0 Å². The monoisotopic (exact) mass is 307 g/mol. The topological polar surface area (TPSA) is 29.1 Å². The number of thioether (sulfide) groups is 1. The van der Waals surface area contributed by atoms with Gasteiger partial charge in [-0.3, -0.25) is 4.79 Å². The molecule has 0 aliphatic heterocycles. The number of rotatable bonds is 10. The van der Waals surface area contributed by atoms with Crippen LogP contribution in [-0.4, -0.2) is 18.2 Å². The highest BCUT2D eigenvalue weighted by atomic mass is 32.2. The van der Waals surface area contributed by atoms with Crippen molar-refractivity contribution in [3.8, 4) is 0 Å². The Balaban J connectivity index is 2.17. The number of hydrogen-bond acceptors (Lipinski definition) is 2. The molecule has 0 aliphatic carbocycles. The van der Waals surface area contributed by atoms with Crippen molar-refractivity contribution in [3.63, 3.8) is 0 Å². The van der Waals surface area contributed by atoms with Gasteiger partial charge in [-0.15, -0.1) is 11.8 Å². The van der Waals surface area contributed by atoms with E-state index in [1.165, 1.54) is 29.7 Å². The van der Waals surface area contributed by atoms with E-state index in [1.807, 2.05) is 0 Å². The lowest BCUT2D eigenvalue weighted by Crippen LogP contribution is -2.29. The Labute approximate surface area is 134 Å². The van der Waals surface area contributed by atoms with E-state index >= 15 is 0 Å². The molecule has 1 unspecified atom stereocenters. The van der Waals surface area contributed by atoms with Crippen LogP contribution in [0.3, 0.4) is 0 Å². The maximum atomic E-state index is 11.9. The number of carbonyl (C=O) groups is 1. The Morgan fingerprint density at radius 1 is 1.24 bits per heavy atom. The zero-order valence-corrected chi connectivity index (χ0v) is 14.5. The summed E-state index contributed by atoms with van der Waals surface area (Å²) in [5, 5.41) is 3.09. The van der Waals surface area contributed by atoms with Gasteiger partial charge in [-0.25, -0.2) is 0 Å². The Kier molecular flexibility index (Phi) is 9.24. The Bertz CT molecular complexity index is 402. The molecule has 0 spiro atoms. The van der Waals surface area contributed by atoms with Gasteiger partial charge < -0.3 is 5.32 Å². The van der Waals surface area contributed by atoms with Gasteiger partial charge in [-0.1, -0.05) is 50.8 Å². The predicted octanol–water partition coefficient (Wildman–Crippen LogP) is 4.81. The first kappa shape index (κ1) is 18.1. The lowest BCUT2D eigenvalue weighted by Gasteiger charge is -2.15. The first-order chi connectivity index (χ1) is 10.2. The minimum absolute atomic E-state index is 0.185. The highest BCUT2D eigenvalue weighted by molar-refractivity contribution is 7.99. The average Bonchev–Trinajstić information content (AvgIpc) is 2.49. The van der Waals surface area contributed by atoms with E-state index in [1.54, 1.807) is 11.8 Å². The lowest BCUT2D eigenvalue weighted by atomic mass is 9.99. The van der Waals surface area contributed by atoms with Crippen LogP contribution in [0, 0.1) is 12.8 Å². The second kappa shape index (κ2) is 10.7. The standard InChI is InChI=1S/C18H29NOS/c1-4-6-7-16(5-2)14-19-18(20)12-13-21-17-10-8-15(3)9-11-17/h8-11,16H,4-7,12-14H2,1-3H3,(H,19,20). The second-order valence-electron chi connectivity index (χ2n) is 5.63. The fourth-order valence-electron chi connectivity index (χ4n) is 2.19. The van der Waals surface area contributed by atoms with Crippen LogP contribution in [0.5, 0.6) is 0 Å². The van der Waals surface area contributed by atoms with Crippen LogP contribution in [0.1, 0.15) is 51.5 Å². The molecular formula is C18H29NOS. The smallest absolute Gasteiger partial charge is 0.220 e. The molecule has 1 rings (SSSR count). The molecule has 0 bridgehead atoms. The number of benzene rings is 1. The normalized spacial score (nSPS) is 12.1. The summed E-state index contributed by atoms with van der Waals surface area (Å²) in [6.07, 6.45) is 5.47. The van der Waals surface area contributed by atoms with Crippen LogP contribution in [0.25, 0.3) is 0 Å². The lowest BCUT2D eigenvalue weighted by molar-refractivity contribution is -0.120. The van der Waals surface area contributed by atoms with Crippen molar-refractivity contribution in [3.05, 3.63) is 29.8 Å². The molecule has 0 saturated carbocycles. The first-order valence-electron chi connectivity index (χ1n) is 8.11. The van der Waals surface area contributed by atoms with Crippen molar-refractivity contribution in [1.29, 1.82) is 0 Å². The molecule has 0 radical (unpaired) electrons. The predicted molar refractivity (Wildman–Crippen MR) is 92.8 cm³/mol. The molecule has 1 amide bonds. The summed E-state index contributed by atoms with van der Waals surface area (Å²) in [5.41, 5.74) is 1.27. The molecule has 0 fully saturated rings. The van der Waals surface area contributed by atoms with Crippen molar-refractivity contribution in [2.75, 3.05) is 12.3 Å². The molecule has 1 aromatic rings. The number of hydrogen-bond donors (Lipinski definition) is 1. The fraction of sp³-hybridized carbons (Fsp3) is 0.611. The summed E-state index contributed by atoms with van der Waals surface area (Å²) in [7, 11) is 0. The highest BCUT2D eigenvalue weighted by Gasteiger charge is 2.08. The third-order valence-electron chi connectivity index (χ3n) is 3.75. The number of carbonyl (C=O) groups excluding carboxylic acids is 1. The van der Waals surface area contributed by atoms with Crippen molar-refractivity contribution < 1.29 is 4.79 Å². The van der Waals surface area contributed by atoms with E-state index in [2.05, 4.69) is 50.4 Å². The van der Waals surface area contributed by atoms with Crippen molar-refractivity contribution >= 4 is 17.7 Å². The van der Waals surface area contributed by atoms with Crippen LogP contribution in [0.15, 0.2) is 29.2 Å². The Morgan fingerprint density at radius 3 is 2.57 bits per heavy atom. The largest absolute Gasteiger partial charge is 0.356 e. The minimum atomic E-state index is 0.185. The van der Waals surface area contributed by atoms with Crippen molar-refractivity contribution in [2.24, 2.45) is 5.92 Å². The maximum Gasteiger partial charge on any atom is 0.220 e. The molecule has 21 heavy (non-hydrogen) atoms. The molecule has 0 saturated heterocycles. The van der Waals surface area contributed by atoms with Crippen LogP contribution in [0.2, 0.25) is 0 Å². The van der Waals surface area contributed by atoms with E-state index in [4.69, 9.17) is 0 Å². The summed E-state index contributed by atoms with van der Waals surface area (Å²) < 4.78 is 0.